The molecular weight excluding hydrogens is 236 g/mol. The SMILES string of the molecule is CN(C)C1(C(=O)c2c[nH]c3ccccc23)CCCC1. The maximum Gasteiger partial charge on any atom is 0.185 e. The number of aromatic nitrogens is 1. The number of Topliss-reactive ketones (excluding diaryl/α,β-unsaturated/α-hetero) is 1. The molecule has 1 aromatic carbocycles. The normalized spacial score (nSPS) is 18.3. The number of rotatable bonds is 3. The lowest BCUT2D eigenvalue weighted by molar-refractivity contribution is 0.0695. The summed E-state index contributed by atoms with van der Waals surface area (Å²) >= 11 is 0. The Balaban J connectivity index is 2.08. The molecule has 1 fully saturated rings. The first-order valence-electron chi connectivity index (χ1n) is 6.93. The number of carbonyl (C=O) groups excluding carboxylic acids is 1. The monoisotopic (exact) mass is 256 g/mol. The number of hydrogen-bond acceptors (Lipinski definition) is 2. The first kappa shape index (κ1) is 12.4. The number of likely N-dealkylation sites (N-methyl/N-ethyl adjacent to an activating group) is 1. The zero-order chi connectivity index (χ0) is 13.5. The van der Waals surface area contributed by atoms with Gasteiger partial charge in [-0.15, -0.1) is 0 Å². The average molecular weight is 256 g/mol. The van der Waals surface area contributed by atoms with Gasteiger partial charge in [0.25, 0.3) is 0 Å². The number of carbonyl (C=O) groups is 1. The van der Waals surface area contributed by atoms with Crippen LogP contribution >= 0.6 is 0 Å². The minimum Gasteiger partial charge on any atom is -0.360 e. The van der Waals surface area contributed by atoms with E-state index >= 15 is 0 Å². The smallest absolute Gasteiger partial charge is 0.185 e. The number of hydrogen-bond donors (Lipinski definition) is 1. The second-order valence-corrected chi connectivity index (χ2v) is 5.71. The highest BCUT2D eigenvalue weighted by Crippen LogP contribution is 2.37. The molecule has 0 atom stereocenters. The van der Waals surface area contributed by atoms with Crippen molar-refractivity contribution in [2.45, 2.75) is 31.2 Å². The van der Waals surface area contributed by atoms with Crippen LogP contribution in [0.2, 0.25) is 0 Å². The largest absolute Gasteiger partial charge is 0.360 e. The fraction of sp³-hybridized carbons (Fsp3) is 0.438. The Labute approximate surface area is 113 Å². The molecule has 3 heteroatoms. The number of nitrogens with one attached hydrogen (secondary N) is 1. The van der Waals surface area contributed by atoms with Gasteiger partial charge in [0.05, 0.1) is 5.54 Å². The van der Waals surface area contributed by atoms with E-state index in [1.807, 2.05) is 44.6 Å². The van der Waals surface area contributed by atoms with Gasteiger partial charge in [0.2, 0.25) is 0 Å². The van der Waals surface area contributed by atoms with Crippen molar-refractivity contribution in [2.75, 3.05) is 14.1 Å². The molecular formula is C16H20N2O. The van der Waals surface area contributed by atoms with Crippen LogP contribution in [0.4, 0.5) is 0 Å². The molecule has 0 radical (unpaired) electrons. The van der Waals surface area contributed by atoms with E-state index < -0.39 is 0 Å². The Morgan fingerprint density at radius 2 is 1.89 bits per heavy atom. The second kappa shape index (κ2) is 4.49. The molecule has 0 bridgehead atoms. The minimum atomic E-state index is -0.301. The highest BCUT2D eigenvalue weighted by atomic mass is 16.1. The van der Waals surface area contributed by atoms with Crippen molar-refractivity contribution in [3.05, 3.63) is 36.0 Å². The lowest BCUT2D eigenvalue weighted by atomic mass is 9.86. The van der Waals surface area contributed by atoms with E-state index in [0.717, 1.165) is 42.1 Å². The van der Waals surface area contributed by atoms with Crippen LogP contribution in [0, 0.1) is 0 Å². The number of para-hydroxylation sites is 1. The summed E-state index contributed by atoms with van der Waals surface area (Å²) in [7, 11) is 4.05. The third-order valence-corrected chi connectivity index (χ3v) is 4.54. The summed E-state index contributed by atoms with van der Waals surface area (Å²) in [5.74, 6) is 0.271. The third kappa shape index (κ3) is 1.80. The van der Waals surface area contributed by atoms with Gasteiger partial charge in [-0.2, -0.15) is 0 Å². The van der Waals surface area contributed by atoms with Crippen LogP contribution in [0.5, 0.6) is 0 Å². The molecule has 19 heavy (non-hydrogen) atoms. The van der Waals surface area contributed by atoms with Crippen molar-refractivity contribution in [3.63, 3.8) is 0 Å². The number of ketones is 1. The van der Waals surface area contributed by atoms with Crippen molar-refractivity contribution in [1.82, 2.24) is 9.88 Å². The molecule has 0 unspecified atom stereocenters. The second-order valence-electron chi connectivity index (χ2n) is 5.71. The predicted octanol–water partition coefficient (Wildman–Crippen LogP) is 3.23. The summed E-state index contributed by atoms with van der Waals surface area (Å²) in [6.45, 7) is 0. The maximum absolute atomic E-state index is 13.0. The highest BCUT2D eigenvalue weighted by Gasteiger charge is 2.43. The van der Waals surface area contributed by atoms with Crippen molar-refractivity contribution in [2.24, 2.45) is 0 Å². The fourth-order valence-electron chi connectivity index (χ4n) is 3.35. The number of fused-ring (bicyclic) bond motifs is 1. The standard InChI is InChI=1S/C16H20N2O/c1-18(2)16(9-5-6-10-16)15(19)13-11-17-14-8-4-3-7-12(13)14/h3-4,7-8,11,17H,5-6,9-10H2,1-2H3. The van der Waals surface area contributed by atoms with Gasteiger partial charge in [-0.3, -0.25) is 9.69 Å². The average Bonchev–Trinajstić information content (AvgIpc) is 3.06. The van der Waals surface area contributed by atoms with E-state index in [4.69, 9.17) is 0 Å². The zero-order valence-corrected chi connectivity index (χ0v) is 11.6. The molecule has 0 amide bonds. The van der Waals surface area contributed by atoms with Crippen LogP contribution < -0.4 is 0 Å². The first-order valence-corrected chi connectivity index (χ1v) is 6.93. The minimum absolute atomic E-state index is 0.271. The Bertz CT molecular complexity index is 606. The van der Waals surface area contributed by atoms with Gasteiger partial charge >= 0.3 is 0 Å². The molecule has 1 N–H and O–H groups in total. The molecule has 0 aliphatic heterocycles. The molecule has 1 aliphatic carbocycles. The molecule has 0 spiro atoms. The van der Waals surface area contributed by atoms with Crippen LogP contribution in [-0.2, 0) is 0 Å². The maximum atomic E-state index is 13.0. The molecule has 100 valence electrons. The molecule has 0 saturated heterocycles. The molecule has 3 nitrogen and oxygen atoms in total. The molecule has 3 rings (SSSR count). The summed E-state index contributed by atoms with van der Waals surface area (Å²) in [5, 5.41) is 1.04. The van der Waals surface area contributed by atoms with E-state index in [1.165, 1.54) is 0 Å². The van der Waals surface area contributed by atoms with E-state index in [-0.39, 0.29) is 11.3 Å². The number of nitrogens with zero attached hydrogens (tertiary/aromatic N) is 1. The molecule has 1 saturated carbocycles. The lowest BCUT2D eigenvalue weighted by Gasteiger charge is -2.34. The van der Waals surface area contributed by atoms with Gasteiger partial charge in [-0.25, -0.2) is 0 Å². The summed E-state index contributed by atoms with van der Waals surface area (Å²) in [4.78, 5) is 18.3. The summed E-state index contributed by atoms with van der Waals surface area (Å²) < 4.78 is 0. The van der Waals surface area contributed by atoms with E-state index in [0.29, 0.717) is 0 Å². The van der Waals surface area contributed by atoms with Crippen LogP contribution in [0.25, 0.3) is 10.9 Å². The van der Waals surface area contributed by atoms with Gasteiger partial charge in [-0.1, -0.05) is 31.0 Å². The Hall–Kier alpha value is -1.61. The quantitative estimate of drug-likeness (QED) is 0.856. The summed E-state index contributed by atoms with van der Waals surface area (Å²) in [5.41, 5.74) is 1.58. The van der Waals surface area contributed by atoms with Crippen molar-refractivity contribution in [1.29, 1.82) is 0 Å². The van der Waals surface area contributed by atoms with E-state index in [2.05, 4.69) is 9.88 Å². The number of benzene rings is 1. The Kier molecular flexibility index (Phi) is 2.94. The van der Waals surface area contributed by atoms with Gasteiger partial charge in [-0.05, 0) is 33.0 Å². The van der Waals surface area contributed by atoms with Crippen LogP contribution in [0.15, 0.2) is 30.5 Å². The molecule has 2 aromatic rings. The predicted molar refractivity (Wildman–Crippen MR) is 77.5 cm³/mol. The molecule has 1 aromatic heterocycles. The van der Waals surface area contributed by atoms with Crippen molar-refractivity contribution >= 4 is 16.7 Å². The van der Waals surface area contributed by atoms with Gasteiger partial charge in [0.15, 0.2) is 5.78 Å². The van der Waals surface area contributed by atoms with Gasteiger partial charge in [0.1, 0.15) is 0 Å². The number of aromatic amines is 1. The van der Waals surface area contributed by atoms with Gasteiger partial charge < -0.3 is 4.98 Å². The van der Waals surface area contributed by atoms with Crippen molar-refractivity contribution < 1.29 is 4.79 Å². The Morgan fingerprint density at radius 1 is 1.21 bits per heavy atom. The zero-order valence-electron chi connectivity index (χ0n) is 11.6. The molecule has 1 aliphatic rings. The number of H-pyrrole nitrogens is 1. The Morgan fingerprint density at radius 3 is 2.58 bits per heavy atom. The lowest BCUT2D eigenvalue weighted by Crippen LogP contribution is -2.48. The highest BCUT2D eigenvalue weighted by molar-refractivity contribution is 6.12. The molecule has 1 heterocycles. The summed E-state index contributed by atoms with van der Waals surface area (Å²) in [6, 6.07) is 8.02. The van der Waals surface area contributed by atoms with Crippen LogP contribution in [0.3, 0.4) is 0 Å². The summed E-state index contributed by atoms with van der Waals surface area (Å²) in [6.07, 6.45) is 6.10. The fourth-order valence-corrected chi connectivity index (χ4v) is 3.35. The first-order chi connectivity index (χ1) is 9.15. The van der Waals surface area contributed by atoms with Crippen molar-refractivity contribution in [3.8, 4) is 0 Å². The van der Waals surface area contributed by atoms with Crippen LogP contribution in [0.1, 0.15) is 36.0 Å². The van der Waals surface area contributed by atoms with Crippen LogP contribution in [-0.4, -0.2) is 35.3 Å². The topological polar surface area (TPSA) is 36.1 Å². The van der Waals surface area contributed by atoms with E-state index in [9.17, 15) is 4.79 Å². The third-order valence-electron chi connectivity index (χ3n) is 4.54. The van der Waals surface area contributed by atoms with E-state index in [1.54, 1.807) is 0 Å². The van der Waals surface area contributed by atoms with Gasteiger partial charge in [0, 0.05) is 22.7 Å².